The van der Waals surface area contributed by atoms with Gasteiger partial charge < -0.3 is 9.63 Å². The fraction of sp³-hybridized carbons (Fsp3) is 0.533. The van der Waals surface area contributed by atoms with Gasteiger partial charge in [-0.05, 0) is 5.56 Å². The van der Waals surface area contributed by atoms with Crippen LogP contribution in [0, 0.1) is 0 Å². The lowest BCUT2D eigenvalue weighted by molar-refractivity contribution is -0.188. The Morgan fingerprint density at radius 2 is 1.96 bits per heavy atom. The zero-order valence-electron chi connectivity index (χ0n) is 14.1. The number of hydrogen-bond donors (Lipinski definition) is 2. The third-order valence-corrected chi connectivity index (χ3v) is 6.28. The fourth-order valence-electron chi connectivity index (χ4n) is 2.43. The molecule has 2 atom stereocenters. The van der Waals surface area contributed by atoms with Crippen LogP contribution in [0.5, 0.6) is 0 Å². The van der Waals surface area contributed by atoms with Crippen LogP contribution in [-0.2, 0) is 20.5 Å². The second-order valence-corrected chi connectivity index (χ2v) is 8.38. The molecule has 2 unspecified atom stereocenters. The maximum atomic E-state index is 13.1. The monoisotopic (exact) mass is 425 g/mol. The van der Waals surface area contributed by atoms with Gasteiger partial charge in [0.25, 0.3) is 0 Å². The van der Waals surface area contributed by atoms with Gasteiger partial charge in [0, 0.05) is 31.3 Å². The van der Waals surface area contributed by atoms with Crippen molar-refractivity contribution < 1.29 is 23.8 Å². The Hall–Kier alpha value is -0.860. The second-order valence-electron chi connectivity index (χ2n) is 5.50. The quantitative estimate of drug-likeness (QED) is 0.356. The highest BCUT2D eigenvalue weighted by Gasteiger charge is 2.39. The molecule has 26 heavy (non-hydrogen) atoms. The van der Waals surface area contributed by atoms with Gasteiger partial charge >= 0.3 is 13.8 Å². The maximum Gasteiger partial charge on any atom is 0.431 e. The van der Waals surface area contributed by atoms with E-state index in [-0.39, 0.29) is 24.9 Å². The molecule has 0 aromatic heterocycles. The largest absolute Gasteiger partial charge is 0.463 e. The number of nitrogens with one attached hydrogen (secondary N) is 1. The SMILES string of the molecule is O=C(O)N(Cc1ccccc1)OC1CCOP(=O)(N(CCCl)CCCl)N1. The van der Waals surface area contributed by atoms with Crippen LogP contribution < -0.4 is 5.09 Å². The molecule has 0 bridgehead atoms. The molecule has 2 rings (SSSR count). The normalized spacial score (nSPS) is 23.1. The summed E-state index contributed by atoms with van der Waals surface area (Å²) < 4.78 is 20.0. The van der Waals surface area contributed by atoms with E-state index in [0.29, 0.717) is 19.5 Å². The summed E-state index contributed by atoms with van der Waals surface area (Å²) in [6, 6.07) is 9.06. The fourth-order valence-corrected chi connectivity index (χ4v) is 5.09. The van der Waals surface area contributed by atoms with E-state index >= 15 is 0 Å². The number of amides is 1. The molecule has 0 aliphatic carbocycles. The van der Waals surface area contributed by atoms with Crippen LogP contribution in [-0.4, -0.2) is 58.6 Å². The molecule has 146 valence electrons. The van der Waals surface area contributed by atoms with Crippen LogP contribution in [0.15, 0.2) is 30.3 Å². The van der Waals surface area contributed by atoms with Crippen LogP contribution in [0.25, 0.3) is 0 Å². The van der Waals surface area contributed by atoms with E-state index in [1.165, 1.54) is 4.67 Å². The summed E-state index contributed by atoms with van der Waals surface area (Å²) in [6.07, 6.45) is -1.67. The molecule has 11 heteroatoms. The summed E-state index contributed by atoms with van der Waals surface area (Å²) in [7, 11) is -3.41. The van der Waals surface area contributed by atoms with Gasteiger partial charge in [-0.25, -0.2) is 19.4 Å². The van der Waals surface area contributed by atoms with Gasteiger partial charge in [-0.15, -0.1) is 23.2 Å². The molecule has 1 fully saturated rings. The van der Waals surface area contributed by atoms with E-state index in [0.717, 1.165) is 10.6 Å². The highest BCUT2D eigenvalue weighted by molar-refractivity contribution is 7.54. The molecule has 0 spiro atoms. The second kappa shape index (κ2) is 10.5. The number of carboxylic acid groups (broad SMARTS) is 1. The molecule has 0 saturated carbocycles. The molecule has 8 nitrogen and oxygen atoms in total. The van der Waals surface area contributed by atoms with Crippen LogP contribution in [0.2, 0.25) is 0 Å². The molecule has 1 aliphatic heterocycles. The summed E-state index contributed by atoms with van der Waals surface area (Å²) in [5.74, 6) is 0.513. The Morgan fingerprint density at radius 3 is 2.54 bits per heavy atom. The molecule has 1 aliphatic rings. The first-order valence-corrected chi connectivity index (χ1v) is 10.7. The van der Waals surface area contributed by atoms with E-state index in [9.17, 15) is 14.5 Å². The maximum absolute atomic E-state index is 13.1. The summed E-state index contributed by atoms with van der Waals surface area (Å²) in [5.41, 5.74) is 0.774. The van der Waals surface area contributed by atoms with Gasteiger partial charge in [-0.1, -0.05) is 30.3 Å². The van der Waals surface area contributed by atoms with Crippen molar-refractivity contribution in [3.05, 3.63) is 35.9 Å². The summed E-state index contributed by atoms with van der Waals surface area (Å²) >= 11 is 11.5. The van der Waals surface area contributed by atoms with Crippen molar-refractivity contribution in [1.82, 2.24) is 14.8 Å². The number of hydroxylamine groups is 2. The Kier molecular flexibility index (Phi) is 8.63. The minimum absolute atomic E-state index is 0.0482. The first-order chi connectivity index (χ1) is 12.5. The van der Waals surface area contributed by atoms with Gasteiger partial charge in [0.1, 0.15) is 6.23 Å². The highest BCUT2D eigenvalue weighted by atomic mass is 35.5. The first kappa shape index (κ1) is 21.4. The topological polar surface area (TPSA) is 91.3 Å². The molecule has 2 N–H and O–H groups in total. The molecule has 1 saturated heterocycles. The predicted octanol–water partition coefficient (Wildman–Crippen LogP) is 3.32. The number of hydrogen-bond acceptors (Lipinski definition) is 4. The third-order valence-electron chi connectivity index (χ3n) is 3.65. The Bertz CT molecular complexity index is 619. The van der Waals surface area contributed by atoms with Crippen molar-refractivity contribution in [2.75, 3.05) is 31.5 Å². The Balaban J connectivity index is 2.04. The van der Waals surface area contributed by atoms with E-state index in [1.54, 1.807) is 12.1 Å². The molecule has 1 amide bonds. The predicted molar refractivity (Wildman–Crippen MR) is 99.2 cm³/mol. The average molecular weight is 426 g/mol. The minimum Gasteiger partial charge on any atom is -0.463 e. The van der Waals surface area contributed by atoms with E-state index in [4.69, 9.17) is 32.6 Å². The zero-order chi connectivity index (χ0) is 19.0. The summed E-state index contributed by atoms with van der Waals surface area (Å²) in [6.45, 7) is 0.845. The summed E-state index contributed by atoms with van der Waals surface area (Å²) in [5, 5.41) is 13.0. The molecular formula is C15H22Cl2N3O5P. The summed E-state index contributed by atoms with van der Waals surface area (Å²) in [4.78, 5) is 17.0. The molecule has 1 heterocycles. The number of alkyl halides is 2. The minimum atomic E-state index is -3.41. The lowest BCUT2D eigenvalue weighted by atomic mass is 10.2. The number of benzene rings is 1. The molecular weight excluding hydrogens is 404 g/mol. The van der Waals surface area contributed by atoms with Gasteiger partial charge in [0.05, 0.1) is 13.2 Å². The van der Waals surface area contributed by atoms with Crippen molar-refractivity contribution in [3.8, 4) is 0 Å². The van der Waals surface area contributed by atoms with Gasteiger partial charge in [-0.3, -0.25) is 4.57 Å². The van der Waals surface area contributed by atoms with Crippen LogP contribution in [0.3, 0.4) is 0 Å². The molecule has 1 aromatic carbocycles. The van der Waals surface area contributed by atoms with Crippen molar-refractivity contribution >= 4 is 37.0 Å². The molecule has 1 aromatic rings. The van der Waals surface area contributed by atoms with E-state index < -0.39 is 20.0 Å². The van der Waals surface area contributed by atoms with Gasteiger partial charge in [0.15, 0.2) is 0 Å². The van der Waals surface area contributed by atoms with Gasteiger partial charge in [-0.2, -0.15) is 5.06 Å². The first-order valence-electron chi connectivity index (χ1n) is 8.09. The van der Waals surface area contributed by atoms with Crippen molar-refractivity contribution in [2.45, 2.75) is 19.2 Å². The van der Waals surface area contributed by atoms with Crippen LogP contribution >= 0.6 is 30.9 Å². The van der Waals surface area contributed by atoms with Crippen molar-refractivity contribution in [1.29, 1.82) is 0 Å². The van der Waals surface area contributed by atoms with E-state index in [2.05, 4.69) is 5.09 Å². The van der Waals surface area contributed by atoms with E-state index in [1.807, 2.05) is 18.2 Å². The number of nitrogens with zero attached hydrogens (tertiary/aromatic N) is 2. The number of carbonyl (C=O) groups is 1. The zero-order valence-corrected chi connectivity index (χ0v) is 16.5. The Morgan fingerprint density at radius 1 is 1.31 bits per heavy atom. The number of halogens is 2. The van der Waals surface area contributed by atoms with Crippen molar-refractivity contribution in [2.24, 2.45) is 0 Å². The average Bonchev–Trinajstić information content (AvgIpc) is 2.62. The number of rotatable bonds is 9. The Labute approximate surface area is 162 Å². The van der Waals surface area contributed by atoms with Crippen LogP contribution in [0.1, 0.15) is 12.0 Å². The van der Waals surface area contributed by atoms with Crippen molar-refractivity contribution in [3.63, 3.8) is 0 Å². The standard InChI is InChI=1S/C15H22Cl2N3O5P/c16-7-9-19(10-8-17)26(23)18-14(6-11-24-26)25-20(15(21)22)12-13-4-2-1-3-5-13/h1-5,14H,6-12H2,(H,18,23)(H,21,22). The van der Waals surface area contributed by atoms with Crippen LogP contribution in [0.4, 0.5) is 4.79 Å². The third kappa shape index (κ3) is 6.09. The molecule has 0 radical (unpaired) electrons. The van der Waals surface area contributed by atoms with Gasteiger partial charge in [0.2, 0.25) is 0 Å². The highest BCUT2D eigenvalue weighted by Crippen LogP contribution is 2.49. The lowest BCUT2D eigenvalue weighted by Crippen LogP contribution is -2.46. The smallest absolute Gasteiger partial charge is 0.431 e. The lowest BCUT2D eigenvalue weighted by Gasteiger charge is -2.37.